The molecule has 1 aliphatic heterocycles. The minimum Gasteiger partial charge on any atom is -0.377 e. The second-order valence-corrected chi connectivity index (χ2v) is 8.18. The van der Waals surface area contributed by atoms with Crippen LogP contribution in [0.1, 0.15) is 37.0 Å². The summed E-state index contributed by atoms with van der Waals surface area (Å²) in [6.07, 6.45) is 1.50. The number of hydrogen-bond donors (Lipinski definition) is 2. The smallest absolute Gasteiger partial charge is 0.223 e. The van der Waals surface area contributed by atoms with Crippen molar-refractivity contribution in [2.75, 3.05) is 32.8 Å². The van der Waals surface area contributed by atoms with Crippen LogP contribution in [0.15, 0.2) is 59.6 Å². The Morgan fingerprint density at radius 3 is 2.45 bits per heavy atom. The van der Waals surface area contributed by atoms with Crippen molar-refractivity contribution in [2.24, 2.45) is 10.9 Å². The van der Waals surface area contributed by atoms with Crippen LogP contribution >= 0.6 is 24.0 Å². The summed E-state index contributed by atoms with van der Waals surface area (Å²) in [7, 11) is 0. The Kier molecular flexibility index (Phi) is 12.2. The number of aliphatic imine (C=N–C) groups is 1. The third-order valence-corrected chi connectivity index (χ3v) is 5.63. The van der Waals surface area contributed by atoms with Gasteiger partial charge in [0.25, 0.3) is 0 Å². The van der Waals surface area contributed by atoms with Crippen molar-refractivity contribution in [1.29, 1.82) is 0 Å². The van der Waals surface area contributed by atoms with Crippen LogP contribution in [0, 0.1) is 5.92 Å². The Morgan fingerprint density at radius 2 is 1.76 bits per heavy atom. The Bertz CT molecular complexity index is 858. The second kappa shape index (κ2) is 14.9. The molecule has 0 aromatic heterocycles. The van der Waals surface area contributed by atoms with Gasteiger partial charge in [-0.2, -0.15) is 0 Å². The van der Waals surface area contributed by atoms with Gasteiger partial charge in [-0.1, -0.05) is 54.6 Å². The van der Waals surface area contributed by atoms with E-state index in [1.165, 1.54) is 11.1 Å². The van der Waals surface area contributed by atoms with Crippen LogP contribution in [0.25, 0.3) is 0 Å². The zero-order valence-electron chi connectivity index (χ0n) is 19.8. The van der Waals surface area contributed by atoms with Crippen molar-refractivity contribution in [3.05, 3.63) is 71.3 Å². The number of ether oxygens (including phenoxy) is 1. The van der Waals surface area contributed by atoms with Crippen LogP contribution < -0.4 is 10.6 Å². The van der Waals surface area contributed by atoms with Crippen molar-refractivity contribution >= 4 is 35.8 Å². The van der Waals surface area contributed by atoms with Gasteiger partial charge in [0.1, 0.15) is 0 Å². The fourth-order valence-corrected chi connectivity index (χ4v) is 3.83. The highest BCUT2D eigenvalue weighted by molar-refractivity contribution is 14.0. The predicted octanol–water partition coefficient (Wildman–Crippen LogP) is 3.99. The van der Waals surface area contributed by atoms with E-state index in [-0.39, 0.29) is 29.9 Å². The van der Waals surface area contributed by atoms with Crippen LogP contribution in [0.2, 0.25) is 0 Å². The summed E-state index contributed by atoms with van der Waals surface area (Å²) in [6.45, 7) is 9.17. The molecule has 1 heterocycles. The average Bonchev–Trinajstić information content (AvgIpc) is 3.18. The highest BCUT2D eigenvalue weighted by Crippen LogP contribution is 2.17. The molecule has 2 aromatic carbocycles. The molecular formula is C26H37IN4O2. The lowest BCUT2D eigenvalue weighted by atomic mass is 10.1. The molecule has 0 radical (unpaired) electrons. The van der Waals surface area contributed by atoms with E-state index in [2.05, 4.69) is 54.0 Å². The minimum atomic E-state index is 0. The van der Waals surface area contributed by atoms with Crippen LogP contribution in [-0.4, -0.2) is 49.6 Å². The highest BCUT2D eigenvalue weighted by Gasteiger charge is 2.29. The van der Waals surface area contributed by atoms with Gasteiger partial charge in [-0.05, 0) is 37.0 Å². The molecule has 1 amide bonds. The first-order valence-electron chi connectivity index (χ1n) is 11.7. The summed E-state index contributed by atoms with van der Waals surface area (Å²) in [4.78, 5) is 19.1. The first-order chi connectivity index (χ1) is 15.7. The molecule has 2 aromatic rings. The van der Waals surface area contributed by atoms with Crippen molar-refractivity contribution in [3.63, 3.8) is 0 Å². The van der Waals surface area contributed by atoms with Crippen LogP contribution in [-0.2, 0) is 29.1 Å². The number of rotatable bonds is 11. The quantitative estimate of drug-likeness (QED) is 0.246. The molecule has 7 heteroatoms. The number of guanidine groups is 1. The van der Waals surface area contributed by atoms with Crippen molar-refractivity contribution in [2.45, 2.75) is 39.8 Å². The lowest BCUT2D eigenvalue weighted by Gasteiger charge is -2.18. The maximum atomic E-state index is 12.4. The Labute approximate surface area is 215 Å². The Morgan fingerprint density at radius 1 is 1.03 bits per heavy atom. The molecule has 0 saturated carbocycles. The van der Waals surface area contributed by atoms with Gasteiger partial charge in [-0.15, -0.1) is 24.0 Å². The molecule has 2 N–H and O–H groups in total. The molecule has 33 heavy (non-hydrogen) atoms. The second-order valence-electron chi connectivity index (χ2n) is 8.18. The van der Waals surface area contributed by atoms with Gasteiger partial charge in [-0.25, -0.2) is 4.99 Å². The summed E-state index contributed by atoms with van der Waals surface area (Å²) in [5.74, 6) is 1.35. The molecule has 0 spiro atoms. The van der Waals surface area contributed by atoms with Crippen molar-refractivity contribution in [3.8, 4) is 0 Å². The number of amides is 1. The van der Waals surface area contributed by atoms with Gasteiger partial charge >= 0.3 is 0 Å². The number of hydrogen-bond acceptors (Lipinski definition) is 3. The maximum Gasteiger partial charge on any atom is 0.223 e. The summed E-state index contributed by atoms with van der Waals surface area (Å²) in [5.41, 5.74) is 3.60. The first kappa shape index (κ1) is 27.1. The molecule has 6 nitrogen and oxygen atoms in total. The third kappa shape index (κ3) is 9.33. The zero-order valence-corrected chi connectivity index (χ0v) is 22.1. The van der Waals surface area contributed by atoms with Crippen LogP contribution in [0.4, 0.5) is 0 Å². The molecule has 0 aliphatic carbocycles. The Hall–Kier alpha value is -2.13. The molecule has 1 unspecified atom stereocenters. The van der Waals surface area contributed by atoms with Crippen LogP contribution in [0.3, 0.4) is 0 Å². The van der Waals surface area contributed by atoms with Gasteiger partial charge in [0, 0.05) is 45.1 Å². The minimum absolute atomic E-state index is 0. The topological polar surface area (TPSA) is 66.0 Å². The maximum absolute atomic E-state index is 12.4. The highest BCUT2D eigenvalue weighted by atomic mass is 127. The average molecular weight is 565 g/mol. The number of carbonyl (C=O) groups is 1. The van der Waals surface area contributed by atoms with E-state index in [1.807, 2.05) is 30.0 Å². The molecule has 0 bridgehead atoms. The summed E-state index contributed by atoms with van der Waals surface area (Å²) >= 11 is 0. The SMILES string of the molecule is CCNC(=NCc1ccc(COCC)cc1)NCC1CC(=O)N(CCc2ccccc2)C1.I. The van der Waals surface area contributed by atoms with Gasteiger partial charge in [-0.3, -0.25) is 4.79 Å². The van der Waals surface area contributed by atoms with Crippen LogP contribution in [0.5, 0.6) is 0 Å². The van der Waals surface area contributed by atoms with E-state index < -0.39 is 0 Å². The number of halogens is 1. The summed E-state index contributed by atoms with van der Waals surface area (Å²) in [5, 5.41) is 6.73. The van der Waals surface area contributed by atoms with Gasteiger partial charge in [0.15, 0.2) is 5.96 Å². The fourth-order valence-electron chi connectivity index (χ4n) is 3.83. The molecule has 3 rings (SSSR count). The first-order valence-corrected chi connectivity index (χ1v) is 11.7. The molecule has 1 saturated heterocycles. The van der Waals surface area contributed by atoms with Crippen molar-refractivity contribution in [1.82, 2.24) is 15.5 Å². The normalized spacial score (nSPS) is 15.9. The Balaban J connectivity index is 0.00000385. The lowest BCUT2D eigenvalue weighted by molar-refractivity contribution is -0.127. The van der Waals surface area contributed by atoms with E-state index in [9.17, 15) is 4.79 Å². The van der Waals surface area contributed by atoms with Gasteiger partial charge < -0.3 is 20.3 Å². The number of likely N-dealkylation sites (tertiary alicyclic amines) is 1. The molecular weight excluding hydrogens is 527 g/mol. The standard InChI is InChI=1S/C26H36N4O2.HI/c1-3-27-26(28-17-22-10-12-23(13-11-22)20-32-4-2)29-18-24-16-25(31)30(19-24)15-14-21-8-6-5-7-9-21;/h5-13,24H,3-4,14-20H2,1-2H3,(H2,27,28,29);1H. The lowest BCUT2D eigenvalue weighted by Crippen LogP contribution is -2.40. The van der Waals surface area contributed by atoms with Crippen molar-refractivity contribution < 1.29 is 9.53 Å². The van der Waals surface area contributed by atoms with E-state index >= 15 is 0 Å². The molecule has 1 fully saturated rings. The van der Waals surface area contributed by atoms with E-state index in [4.69, 9.17) is 9.73 Å². The molecule has 180 valence electrons. The fraction of sp³-hybridized carbons (Fsp3) is 0.462. The van der Waals surface area contributed by atoms with E-state index in [1.54, 1.807) is 0 Å². The number of nitrogens with one attached hydrogen (secondary N) is 2. The monoisotopic (exact) mass is 564 g/mol. The predicted molar refractivity (Wildman–Crippen MR) is 145 cm³/mol. The number of nitrogens with zero attached hydrogens (tertiary/aromatic N) is 2. The number of benzene rings is 2. The van der Waals surface area contributed by atoms with E-state index in [0.717, 1.165) is 50.7 Å². The molecule has 1 atom stereocenters. The number of carbonyl (C=O) groups excluding carboxylic acids is 1. The molecule has 1 aliphatic rings. The summed E-state index contributed by atoms with van der Waals surface area (Å²) in [6, 6.07) is 18.7. The third-order valence-electron chi connectivity index (χ3n) is 5.63. The zero-order chi connectivity index (χ0) is 22.6. The summed E-state index contributed by atoms with van der Waals surface area (Å²) < 4.78 is 5.45. The largest absolute Gasteiger partial charge is 0.377 e. The van der Waals surface area contributed by atoms with Gasteiger partial charge in [0.05, 0.1) is 13.2 Å². The van der Waals surface area contributed by atoms with E-state index in [0.29, 0.717) is 25.5 Å². The van der Waals surface area contributed by atoms with Gasteiger partial charge in [0.2, 0.25) is 5.91 Å².